The Hall–Kier alpha value is -2.87. The number of likely N-dealkylation sites (tertiary alicyclic amines) is 1. The number of aliphatic hydroxyl groups is 2. The van der Waals surface area contributed by atoms with Gasteiger partial charge >= 0.3 is 0 Å². The minimum Gasteiger partial charge on any atom is -0.493 e. The average Bonchev–Trinajstić information content (AvgIpc) is 3.13. The molecule has 7 heteroatoms. The number of piperidine rings is 1. The number of hydrogen-bond donors (Lipinski definition) is 2. The molecule has 6 nitrogen and oxygen atoms in total. The van der Waals surface area contributed by atoms with Gasteiger partial charge in [-0.05, 0) is 49.1 Å². The molecule has 2 aliphatic carbocycles. The first kappa shape index (κ1) is 21.2. The summed E-state index contributed by atoms with van der Waals surface area (Å²) in [5.74, 6) is 1.02. The summed E-state index contributed by atoms with van der Waals surface area (Å²) in [5, 5.41) is 24.4. The van der Waals surface area contributed by atoms with Gasteiger partial charge in [-0.1, -0.05) is 12.1 Å². The minimum absolute atomic E-state index is 0.0200. The maximum absolute atomic E-state index is 14.9. The summed E-state index contributed by atoms with van der Waals surface area (Å²) in [4.78, 5) is 2.32. The Balaban J connectivity index is 1.46. The minimum atomic E-state index is -1.10. The predicted octanol–water partition coefficient (Wildman–Crippen LogP) is 3.84. The predicted molar refractivity (Wildman–Crippen MR) is 132 cm³/mol. The Labute approximate surface area is 208 Å². The number of benzene rings is 2. The van der Waals surface area contributed by atoms with Gasteiger partial charge in [0.05, 0.1) is 41.5 Å². The second kappa shape index (κ2) is 6.52. The molecule has 3 aromatic rings. The van der Waals surface area contributed by atoms with Crippen LogP contribution in [0.15, 0.2) is 36.9 Å². The molecule has 1 spiro atoms. The third-order valence-corrected chi connectivity index (χ3v) is 9.85. The van der Waals surface area contributed by atoms with Crippen molar-refractivity contribution in [1.82, 2.24) is 9.47 Å². The van der Waals surface area contributed by atoms with Crippen LogP contribution in [0.1, 0.15) is 53.0 Å². The number of fused-ring (bicyclic) bond motifs is 7. The van der Waals surface area contributed by atoms with Gasteiger partial charge in [0.2, 0.25) is 0 Å². The molecule has 2 unspecified atom stereocenters. The SMILES string of the molecule is C=CCN1C2[C@H]1C[C@]13c4c(C)ccc(OC)c4O[C@H]1c1c(c4cc(F)cc5c4n1CC[C@@H]5O)C[C@@]23O. The van der Waals surface area contributed by atoms with Crippen molar-refractivity contribution in [3.63, 3.8) is 0 Å². The molecule has 0 amide bonds. The molecule has 2 aromatic carbocycles. The van der Waals surface area contributed by atoms with Crippen LogP contribution in [-0.2, 0) is 18.4 Å². The monoisotopic (exact) mass is 488 g/mol. The topological polar surface area (TPSA) is 66.9 Å². The van der Waals surface area contributed by atoms with E-state index in [0.29, 0.717) is 36.4 Å². The summed E-state index contributed by atoms with van der Waals surface area (Å²) in [6, 6.07) is 7.23. The number of ether oxygens (including phenoxy) is 2. The van der Waals surface area contributed by atoms with Gasteiger partial charge in [-0.2, -0.15) is 0 Å². The molecule has 1 saturated carbocycles. The third kappa shape index (κ3) is 2.13. The number of nitrogens with zero attached hydrogens (tertiary/aromatic N) is 2. The molecule has 1 aromatic heterocycles. The van der Waals surface area contributed by atoms with E-state index in [9.17, 15) is 14.6 Å². The van der Waals surface area contributed by atoms with Gasteiger partial charge in [-0.25, -0.2) is 4.39 Å². The summed E-state index contributed by atoms with van der Waals surface area (Å²) in [5.41, 5.74) is 3.86. The van der Waals surface area contributed by atoms with Gasteiger partial charge < -0.3 is 24.3 Å². The molecule has 3 aliphatic heterocycles. The van der Waals surface area contributed by atoms with Crippen molar-refractivity contribution in [2.45, 2.75) is 68.0 Å². The number of halogens is 1. The highest BCUT2D eigenvalue weighted by molar-refractivity contribution is 5.90. The molecule has 4 heterocycles. The molecule has 2 N–H and O–H groups in total. The first-order valence-corrected chi connectivity index (χ1v) is 12.8. The van der Waals surface area contributed by atoms with Crippen LogP contribution in [0.4, 0.5) is 4.39 Å². The lowest BCUT2D eigenvalue weighted by Crippen LogP contribution is -2.60. The molecule has 5 aliphatic rings. The normalized spacial score (nSPS) is 36.4. The average molecular weight is 489 g/mol. The fraction of sp³-hybridized carbons (Fsp3) is 0.448. The van der Waals surface area contributed by atoms with Gasteiger partial charge in [0.25, 0.3) is 0 Å². The highest BCUT2D eigenvalue weighted by Gasteiger charge is 2.81. The molecular weight excluding hydrogens is 459 g/mol. The number of aliphatic hydroxyl groups excluding tert-OH is 1. The Morgan fingerprint density at radius 3 is 2.94 bits per heavy atom. The van der Waals surface area contributed by atoms with E-state index in [1.54, 1.807) is 13.2 Å². The number of methoxy groups -OCH3 is 1. The van der Waals surface area contributed by atoms with E-state index in [1.807, 2.05) is 12.1 Å². The zero-order valence-corrected chi connectivity index (χ0v) is 20.4. The van der Waals surface area contributed by atoms with Crippen LogP contribution in [0.2, 0.25) is 0 Å². The maximum atomic E-state index is 14.9. The molecule has 1 saturated heterocycles. The molecule has 36 heavy (non-hydrogen) atoms. The standard InChI is InChI=1S/C29H29FN2O4/c1-4-8-31-19-13-28-22-14(2)5-6-21(35-3)25(22)36-27(28)24-18(12-29(28,34)26(19)31)16-10-15(30)11-17-20(33)7-9-32(24)23(16)17/h4-6,10-11,19-20,26-27,33-34H,1,7-9,12-13H2,2-3H3/t19-,20+,26?,27+,28+,29-,31?/m1/s1. The Morgan fingerprint density at radius 1 is 1.33 bits per heavy atom. The zero-order chi connectivity index (χ0) is 24.7. The smallest absolute Gasteiger partial charge is 0.166 e. The van der Waals surface area contributed by atoms with E-state index in [2.05, 4.69) is 29.0 Å². The van der Waals surface area contributed by atoms with Crippen LogP contribution in [0.3, 0.4) is 0 Å². The quantitative estimate of drug-likeness (QED) is 0.433. The fourth-order valence-corrected chi connectivity index (χ4v) is 8.59. The molecule has 0 bridgehead atoms. The molecule has 2 fully saturated rings. The van der Waals surface area contributed by atoms with Crippen molar-refractivity contribution in [1.29, 1.82) is 0 Å². The Kier molecular flexibility index (Phi) is 3.84. The lowest BCUT2D eigenvalue weighted by molar-refractivity contribution is -0.0862. The first-order chi connectivity index (χ1) is 17.4. The van der Waals surface area contributed by atoms with E-state index in [1.165, 1.54) is 6.07 Å². The number of aryl methyl sites for hydroxylation is 2. The molecule has 186 valence electrons. The summed E-state index contributed by atoms with van der Waals surface area (Å²) in [6.07, 6.45) is 2.47. The summed E-state index contributed by atoms with van der Waals surface area (Å²) in [7, 11) is 1.65. The maximum Gasteiger partial charge on any atom is 0.166 e. The Morgan fingerprint density at radius 2 is 2.17 bits per heavy atom. The van der Waals surface area contributed by atoms with E-state index >= 15 is 0 Å². The fourth-order valence-electron chi connectivity index (χ4n) is 8.59. The van der Waals surface area contributed by atoms with Crippen LogP contribution in [-0.4, -0.2) is 51.0 Å². The number of hydrogen-bond acceptors (Lipinski definition) is 5. The van der Waals surface area contributed by atoms with Gasteiger partial charge in [0, 0.05) is 42.1 Å². The van der Waals surface area contributed by atoms with E-state index in [-0.39, 0.29) is 17.9 Å². The number of rotatable bonds is 3. The van der Waals surface area contributed by atoms with Crippen molar-refractivity contribution in [3.8, 4) is 11.5 Å². The molecule has 7 atom stereocenters. The van der Waals surface area contributed by atoms with Crippen molar-refractivity contribution in [3.05, 3.63) is 70.7 Å². The van der Waals surface area contributed by atoms with E-state index in [4.69, 9.17) is 9.47 Å². The molecule has 8 rings (SSSR count). The summed E-state index contributed by atoms with van der Waals surface area (Å²) < 4.78 is 29.7. The largest absolute Gasteiger partial charge is 0.493 e. The van der Waals surface area contributed by atoms with Gasteiger partial charge in [0.1, 0.15) is 5.82 Å². The van der Waals surface area contributed by atoms with Crippen molar-refractivity contribution >= 4 is 10.9 Å². The van der Waals surface area contributed by atoms with Gasteiger partial charge in [-0.15, -0.1) is 6.58 Å². The van der Waals surface area contributed by atoms with Crippen LogP contribution in [0, 0.1) is 12.7 Å². The molecular formula is C29H29FN2O4. The first-order valence-electron chi connectivity index (χ1n) is 12.8. The van der Waals surface area contributed by atoms with Crippen LogP contribution >= 0.6 is 0 Å². The van der Waals surface area contributed by atoms with E-state index in [0.717, 1.165) is 46.3 Å². The van der Waals surface area contributed by atoms with Gasteiger partial charge in [0.15, 0.2) is 17.6 Å². The second-order valence-electron chi connectivity index (χ2n) is 11.3. The van der Waals surface area contributed by atoms with E-state index < -0.39 is 23.2 Å². The van der Waals surface area contributed by atoms with Gasteiger partial charge in [-0.3, -0.25) is 4.90 Å². The van der Waals surface area contributed by atoms with Crippen LogP contribution in [0.5, 0.6) is 11.5 Å². The lowest BCUT2D eigenvalue weighted by Gasteiger charge is -2.49. The van der Waals surface area contributed by atoms with Crippen LogP contribution < -0.4 is 9.47 Å². The Bertz CT molecular complexity index is 1510. The summed E-state index contributed by atoms with van der Waals surface area (Å²) in [6.45, 7) is 7.36. The zero-order valence-electron chi connectivity index (χ0n) is 20.4. The highest BCUT2D eigenvalue weighted by atomic mass is 19.1. The third-order valence-electron chi connectivity index (χ3n) is 9.85. The van der Waals surface area contributed by atoms with Crippen molar-refractivity contribution < 1.29 is 24.1 Å². The molecule has 0 radical (unpaired) electrons. The van der Waals surface area contributed by atoms with Crippen molar-refractivity contribution in [2.75, 3.05) is 13.7 Å². The summed E-state index contributed by atoms with van der Waals surface area (Å²) >= 11 is 0. The van der Waals surface area contributed by atoms with Crippen LogP contribution in [0.25, 0.3) is 10.9 Å². The highest BCUT2D eigenvalue weighted by Crippen LogP contribution is 2.73. The lowest BCUT2D eigenvalue weighted by atomic mass is 9.58. The second-order valence-corrected chi connectivity index (χ2v) is 11.3. The van der Waals surface area contributed by atoms with Crippen molar-refractivity contribution in [2.24, 2.45) is 0 Å². The number of aromatic nitrogens is 1.